The molecule has 0 aromatic heterocycles. The predicted octanol–water partition coefficient (Wildman–Crippen LogP) is 2.55. The first-order valence-corrected chi connectivity index (χ1v) is 10.4. The summed E-state index contributed by atoms with van der Waals surface area (Å²) in [5, 5.41) is 0. The Morgan fingerprint density at radius 2 is 1.62 bits per heavy atom. The van der Waals surface area contributed by atoms with E-state index in [-0.39, 0.29) is 0 Å². The van der Waals surface area contributed by atoms with Crippen molar-refractivity contribution in [3.8, 4) is 5.75 Å². The van der Waals surface area contributed by atoms with Crippen LogP contribution in [-0.4, -0.2) is 57.5 Å². The van der Waals surface area contributed by atoms with Crippen LogP contribution in [0.5, 0.6) is 5.75 Å². The molecule has 6 heteroatoms. The number of hydrogen-bond donors (Lipinski definition) is 0. The summed E-state index contributed by atoms with van der Waals surface area (Å²) in [7, 11) is -1.72. The maximum atomic E-state index is 12.9. The third kappa shape index (κ3) is 4.09. The normalized spacial score (nSPS) is 16.5. The molecule has 0 bridgehead atoms. The van der Waals surface area contributed by atoms with Crippen molar-refractivity contribution >= 4 is 10.0 Å². The molecule has 0 amide bonds. The molecule has 0 saturated carbocycles. The van der Waals surface area contributed by atoms with E-state index in [4.69, 9.17) is 4.74 Å². The van der Waals surface area contributed by atoms with Crippen LogP contribution < -0.4 is 4.74 Å². The van der Waals surface area contributed by atoms with Gasteiger partial charge in [-0.2, -0.15) is 4.31 Å². The third-order valence-corrected chi connectivity index (χ3v) is 6.99. The summed E-state index contributed by atoms with van der Waals surface area (Å²) in [5.74, 6) is 0.910. The van der Waals surface area contributed by atoms with Crippen molar-refractivity contribution in [2.24, 2.45) is 0 Å². The van der Waals surface area contributed by atoms with Gasteiger partial charge >= 0.3 is 0 Å². The first-order chi connectivity index (χ1) is 12.5. The van der Waals surface area contributed by atoms with E-state index >= 15 is 0 Å². The second kappa shape index (κ2) is 8.20. The lowest BCUT2D eigenvalue weighted by Crippen LogP contribution is -2.49. The van der Waals surface area contributed by atoms with E-state index in [0.29, 0.717) is 18.0 Å². The average molecular weight is 375 g/mol. The van der Waals surface area contributed by atoms with E-state index in [1.807, 2.05) is 37.3 Å². The number of benzene rings is 2. The van der Waals surface area contributed by atoms with Crippen LogP contribution in [-0.2, 0) is 16.4 Å². The molecule has 2 aromatic carbocycles. The summed E-state index contributed by atoms with van der Waals surface area (Å²) < 4.78 is 32.7. The van der Waals surface area contributed by atoms with E-state index in [1.165, 1.54) is 5.56 Å². The zero-order valence-electron chi connectivity index (χ0n) is 15.4. The molecule has 2 aromatic rings. The Morgan fingerprint density at radius 3 is 2.31 bits per heavy atom. The zero-order chi connectivity index (χ0) is 18.6. The Hall–Kier alpha value is -1.89. The molecule has 1 heterocycles. The van der Waals surface area contributed by atoms with Crippen molar-refractivity contribution in [2.45, 2.75) is 18.2 Å². The topological polar surface area (TPSA) is 49.9 Å². The largest absolute Gasteiger partial charge is 0.496 e. The van der Waals surface area contributed by atoms with E-state index in [2.05, 4.69) is 11.0 Å². The Kier molecular flexibility index (Phi) is 5.96. The van der Waals surface area contributed by atoms with Crippen LogP contribution in [0, 0.1) is 6.92 Å². The van der Waals surface area contributed by atoms with Crippen molar-refractivity contribution in [1.29, 1.82) is 0 Å². The minimum atomic E-state index is -3.41. The van der Waals surface area contributed by atoms with Crippen LogP contribution in [0.4, 0.5) is 0 Å². The average Bonchev–Trinajstić information content (AvgIpc) is 2.67. The minimum Gasteiger partial charge on any atom is -0.496 e. The van der Waals surface area contributed by atoms with Gasteiger partial charge < -0.3 is 9.64 Å². The fourth-order valence-corrected chi connectivity index (χ4v) is 5.01. The number of nitrogens with zero attached hydrogens (tertiary/aromatic N) is 2. The maximum Gasteiger partial charge on any atom is 0.243 e. The third-order valence-electron chi connectivity index (χ3n) is 4.93. The molecule has 0 aliphatic carbocycles. The second-order valence-electron chi connectivity index (χ2n) is 6.57. The van der Waals surface area contributed by atoms with Gasteiger partial charge in [-0.3, -0.25) is 0 Å². The lowest BCUT2D eigenvalue weighted by atomic mass is 10.1. The van der Waals surface area contributed by atoms with Crippen LogP contribution >= 0.6 is 0 Å². The Morgan fingerprint density at radius 1 is 0.962 bits per heavy atom. The SMILES string of the molecule is COc1ccccc1CCN1CCN(S(=O)(=O)c2ccccc2C)CC1. The molecule has 140 valence electrons. The van der Waals surface area contributed by atoms with Gasteiger partial charge in [-0.25, -0.2) is 8.42 Å². The van der Waals surface area contributed by atoms with Crippen molar-refractivity contribution in [3.05, 3.63) is 59.7 Å². The molecule has 1 fully saturated rings. The highest BCUT2D eigenvalue weighted by atomic mass is 32.2. The monoisotopic (exact) mass is 374 g/mol. The van der Waals surface area contributed by atoms with Crippen molar-refractivity contribution in [3.63, 3.8) is 0 Å². The number of aryl methyl sites for hydroxylation is 1. The highest BCUT2D eigenvalue weighted by molar-refractivity contribution is 7.89. The van der Waals surface area contributed by atoms with Gasteiger partial charge in [-0.05, 0) is 36.6 Å². The molecule has 0 atom stereocenters. The summed E-state index contributed by atoms with van der Waals surface area (Å²) in [6.45, 7) is 5.31. The molecule has 0 N–H and O–H groups in total. The summed E-state index contributed by atoms with van der Waals surface area (Å²) in [5.41, 5.74) is 1.98. The maximum absolute atomic E-state index is 12.9. The van der Waals surface area contributed by atoms with Crippen LogP contribution in [0.3, 0.4) is 0 Å². The lowest BCUT2D eigenvalue weighted by molar-refractivity contribution is 0.189. The quantitative estimate of drug-likeness (QED) is 0.780. The predicted molar refractivity (Wildman–Crippen MR) is 103 cm³/mol. The molecule has 0 spiro atoms. The zero-order valence-corrected chi connectivity index (χ0v) is 16.2. The van der Waals surface area contributed by atoms with Gasteiger partial charge in [0.15, 0.2) is 0 Å². The first kappa shape index (κ1) is 18.9. The van der Waals surface area contributed by atoms with E-state index < -0.39 is 10.0 Å². The number of methoxy groups -OCH3 is 1. The molecule has 0 unspecified atom stereocenters. The first-order valence-electron chi connectivity index (χ1n) is 8.92. The summed E-state index contributed by atoms with van der Waals surface area (Å²) in [6.07, 6.45) is 0.897. The van der Waals surface area contributed by atoms with E-state index in [0.717, 1.165) is 37.4 Å². The van der Waals surface area contributed by atoms with Gasteiger partial charge in [0.05, 0.1) is 12.0 Å². The van der Waals surface area contributed by atoms with Gasteiger partial charge in [0.25, 0.3) is 0 Å². The van der Waals surface area contributed by atoms with Crippen LogP contribution in [0.25, 0.3) is 0 Å². The Bertz CT molecular complexity index is 844. The van der Waals surface area contributed by atoms with E-state index in [1.54, 1.807) is 23.5 Å². The van der Waals surface area contributed by atoms with Gasteiger partial charge in [-0.15, -0.1) is 0 Å². The molecular weight excluding hydrogens is 348 g/mol. The van der Waals surface area contributed by atoms with Crippen molar-refractivity contribution in [1.82, 2.24) is 9.21 Å². The summed E-state index contributed by atoms with van der Waals surface area (Å²) in [4.78, 5) is 2.73. The molecule has 1 aliphatic heterocycles. The molecule has 3 rings (SSSR count). The van der Waals surface area contributed by atoms with Gasteiger partial charge in [0.2, 0.25) is 10.0 Å². The standard InChI is InChI=1S/C20H26N2O3S/c1-17-7-3-6-10-20(17)26(23,24)22-15-13-21(14-16-22)12-11-18-8-4-5-9-19(18)25-2/h3-10H,11-16H2,1-2H3. The number of para-hydroxylation sites is 1. The van der Waals surface area contributed by atoms with Gasteiger partial charge in [-0.1, -0.05) is 36.4 Å². The Balaban J connectivity index is 1.58. The highest BCUT2D eigenvalue weighted by Crippen LogP contribution is 2.22. The Labute approximate surface area is 156 Å². The van der Waals surface area contributed by atoms with Crippen molar-refractivity contribution < 1.29 is 13.2 Å². The number of sulfonamides is 1. The van der Waals surface area contributed by atoms with Gasteiger partial charge in [0.1, 0.15) is 5.75 Å². The van der Waals surface area contributed by atoms with Crippen molar-refractivity contribution in [2.75, 3.05) is 39.8 Å². The summed E-state index contributed by atoms with van der Waals surface area (Å²) >= 11 is 0. The van der Waals surface area contributed by atoms with Crippen LogP contribution in [0.15, 0.2) is 53.4 Å². The number of hydrogen-bond acceptors (Lipinski definition) is 4. The van der Waals surface area contributed by atoms with Gasteiger partial charge in [0, 0.05) is 32.7 Å². The highest BCUT2D eigenvalue weighted by Gasteiger charge is 2.29. The van der Waals surface area contributed by atoms with E-state index in [9.17, 15) is 8.42 Å². The van der Waals surface area contributed by atoms with Crippen LogP contribution in [0.2, 0.25) is 0 Å². The molecule has 26 heavy (non-hydrogen) atoms. The minimum absolute atomic E-state index is 0.419. The lowest BCUT2D eigenvalue weighted by Gasteiger charge is -2.34. The fraction of sp³-hybridized carbons (Fsp3) is 0.400. The fourth-order valence-electron chi connectivity index (χ4n) is 3.37. The number of rotatable bonds is 6. The molecule has 1 saturated heterocycles. The number of ether oxygens (including phenoxy) is 1. The summed E-state index contributed by atoms with van der Waals surface area (Å²) in [6, 6.07) is 15.2. The van der Waals surface area contributed by atoms with Crippen LogP contribution in [0.1, 0.15) is 11.1 Å². The molecule has 5 nitrogen and oxygen atoms in total. The molecule has 1 aliphatic rings. The second-order valence-corrected chi connectivity index (χ2v) is 8.48. The molecular formula is C20H26N2O3S. The number of piperazine rings is 1. The molecule has 0 radical (unpaired) electrons. The smallest absolute Gasteiger partial charge is 0.243 e.